The van der Waals surface area contributed by atoms with Gasteiger partial charge in [0.05, 0.1) is 23.5 Å². The van der Waals surface area contributed by atoms with Crippen LogP contribution in [0.2, 0.25) is 0 Å². The number of aryl methyl sites for hydroxylation is 1. The number of imidazole rings is 1. The third-order valence-electron chi connectivity index (χ3n) is 7.44. The monoisotopic (exact) mass is 633 g/mol. The first kappa shape index (κ1) is 34.2. The summed E-state index contributed by atoms with van der Waals surface area (Å²) in [6.45, 7) is 9.28. The SMILES string of the molecule is CN(C)C(=O)c1cc(F)ccc1Cn1cnc(N/C(=C2/CO2)[C@@H](CCCc2ccccc2)C(=O)C(C)(C)NC(=O)OC(C)(C)C)c1. The van der Waals surface area contributed by atoms with E-state index < -0.39 is 29.0 Å². The zero-order valence-electron chi connectivity index (χ0n) is 27.6. The van der Waals surface area contributed by atoms with Crippen molar-refractivity contribution in [2.24, 2.45) is 5.92 Å². The van der Waals surface area contributed by atoms with Crippen molar-refractivity contribution in [3.05, 3.63) is 95.0 Å². The number of halogens is 1. The van der Waals surface area contributed by atoms with Crippen LogP contribution in [-0.2, 0) is 27.2 Å². The molecule has 2 N–H and O–H groups in total. The van der Waals surface area contributed by atoms with Crippen molar-refractivity contribution >= 4 is 23.6 Å². The van der Waals surface area contributed by atoms with Gasteiger partial charge < -0.3 is 29.6 Å². The maximum absolute atomic E-state index is 14.2. The molecule has 2 heterocycles. The molecule has 4 rings (SSSR count). The Labute approximate surface area is 270 Å². The second-order valence-electron chi connectivity index (χ2n) is 13.2. The van der Waals surface area contributed by atoms with E-state index in [1.807, 2.05) is 18.2 Å². The van der Waals surface area contributed by atoms with Crippen molar-refractivity contribution < 1.29 is 28.2 Å². The summed E-state index contributed by atoms with van der Waals surface area (Å²) in [6, 6.07) is 14.2. The summed E-state index contributed by atoms with van der Waals surface area (Å²) in [5.74, 6) is -0.510. The van der Waals surface area contributed by atoms with Gasteiger partial charge in [-0.05, 0) is 77.1 Å². The van der Waals surface area contributed by atoms with Crippen molar-refractivity contribution in [3.63, 3.8) is 0 Å². The number of nitrogens with one attached hydrogen (secondary N) is 2. The summed E-state index contributed by atoms with van der Waals surface area (Å²) in [6.07, 6.45) is 4.66. The molecule has 0 saturated carbocycles. The van der Waals surface area contributed by atoms with Gasteiger partial charge in [-0.3, -0.25) is 9.59 Å². The van der Waals surface area contributed by atoms with Gasteiger partial charge in [-0.2, -0.15) is 0 Å². The highest BCUT2D eigenvalue weighted by atomic mass is 19.1. The Balaban J connectivity index is 1.57. The van der Waals surface area contributed by atoms with Crippen molar-refractivity contribution in [2.75, 3.05) is 26.0 Å². The topological polar surface area (TPSA) is 118 Å². The predicted molar refractivity (Wildman–Crippen MR) is 174 cm³/mol. The van der Waals surface area contributed by atoms with Gasteiger partial charge in [0.15, 0.2) is 11.5 Å². The molecule has 1 aromatic heterocycles. The second kappa shape index (κ2) is 14.2. The number of nitrogens with zero attached hydrogens (tertiary/aromatic N) is 3. The van der Waals surface area contributed by atoms with E-state index in [0.717, 1.165) is 12.0 Å². The Morgan fingerprint density at radius 3 is 2.41 bits per heavy atom. The number of benzene rings is 2. The molecule has 1 saturated heterocycles. The van der Waals surface area contributed by atoms with Crippen LogP contribution in [0.15, 0.2) is 72.5 Å². The highest BCUT2D eigenvalue weighted by Crippen LogP contribution is 2.33. The van der Waals surface area contributed by atoms with Gasteiger partial charge in [0.1, 0.15) is 23.8 Å². The molecule has 11 heteroatoms. The number of carbonyl (C=O) groups is 3. The normalized spacial score (nSPS) is 14.5. The number of alkyl carbamates (subject to hydrolysis) is 1. The van der Waals surface area contributed by atoms with Gasteiger partial charge in [0.2, 0.25) is 0 Å². The molecular weight excluding hydrogens is 589 g/mol. The van der Waals surface area contributed by atoms with E-state index in [0.29, 0.717) is 42.3 Å². The van der Waals surface area contributed by atoms with Crippen LogP contribution in [0.25, 0.3) is 0 Å². The van der Waals surface area contributed by atoms with Crippen LogP contribution < -0.4 is 10.6 Å². The molecular formula is C35H44FN5O5. The van der Waals surface area contributed by atoms with Crippen LogP contribution in [0.3, 0.4) is 0 Å². The van der Waals surface area contributed by atoms with E-state index in [9.17, 15) is 18.8 Å². The van der Waals surface area contributed by atoms with E-state index in [-0.39, 0.29) is 23.8 Å². The maximum Gasteiger partial charge on any atom is 0.408 e. The third-order valence-corrected chi connectivity index (χ3v) is 7.44. The first-order valence-electron chi connectivity index (χ1n) is 15.4. The Bertz CT molecular complexity index is 1580. The third kappa shape index (κ3) is 9.42. The van der Waals surface area contributed by atoms with Crippen LogP contribution in [0, 0.1) is 11.7 Å². The number of hydrogen-bond donors (Lipinski definition) is 2. The minimum absolute atomic E-state index is 0.200. The fourth-order valence-corrected chi connectivity index (χ4v) is 5.13. The van der Waals surface area contributed by atoms with Crippen LogP contribution in [-0.4, -0.2) is 64.1 Å². The summed E-state index contributed by atoms with van der Waals surface area (Å²) >= 11 is 0. The Morgan fingerprint density at radius 1 is 1.09 bits per heavy atom. The number of carbonyl (C=O) groups excluding carboxylic acids is 3. The average Bonchev–Trinajstić information content (AvgIpc) is 3.72. The number of epoxide rings is 1. The molecule has 2 amide bonds. The molecule has 0 spiro atoms. The standard InChI is InChI=1S/C35H44FN5O5/c1-34(2,3)46-33(44)39-35(4,5)31(42)26(15-11-14-23-12-9-8-10-13-23)30(28-21-45-28)38-29-20-41(22-37-29)19-24-16-17-25(36)18-27(24)32(43)40(6)7/h8-10,12-13,16-18,20,22,26,38H,11,14-15,19,21H2,1-7H3,(H,39,44)/b30-28-/t26-/m1/s1. The fourth-order valence-electron chi connectivity index (χ4n) is 5.13. The number of anilines is 1. The average molecular weight is 634 g/mol. The first-order valence-corrected chi connectivity index (χ1v) is 15.4. The van der Waals surface area contributed by atoms with Crippen molar-refractivity contribution in [1.29, 1.82) is 0 Å². The van der Waals surface area contributed by atoms with E-state index in [4.69, 9.17) is 9.47 Å². The van der Waals surface area contributed by atoms with Gasteiger partial charge >= 0.3 is 6.09 Å². The Kier molecular flexibility index (Phi) is 10.5. The lowest BCUT2D eigenvalue weighted by atomic mass is 9.83. The summed E-state index contributed by atoms with van der Waals surface area (Å²) in [7, 11) is 3.24. The second-order valence-corrected chi connectivity index (χ2v) is 13.2. The molecule has 3 aromatic rings. The quantitative estimate of drug-likeness (QED) is 0.224. The molecule has 2 aromatic carbocycles. The van der Waals surface area contributed by atoms with Crippen LogP contribution >= 0.6 is 0 Å². The Hall–Kier alpha value is -4.67. The molecule has 0 radical (unpaired) electrons. The van der Waals surface area contributed by atoms with Crippen molar-refractivity contribution in [3.8, 4) is 0 Å². The highest BCUT2D eigenvalue weighted by molar-refractivity contribution is 5.96. The van der Waals surface area contributed by atoms with Gasteiger partial charge in [-0.1, -0.05) is 36.4 Å². The van der Waals surface area contributed by atoms with Gasteiger partial charge in [-0.25, -0.2) is 14.2 Å². The molecule has 1 aliphatic rings. The van der Waals surface area contributed by atoms with E-state index >= 15 is 0 Å². The van der Waals surface area contributed by atoms with Crippen LogP contribution in [0.4, 0.5) is 15.0 Å². The van der Waals surface area contributed by atoms with Crippen molar-refractivity contribution in [2.45, 2.75) is 71.6 Å². The largest absolute Gasteiger partial charge is 0.484 e. The Morgan fingerprint density at radius 2 is 1.78 bits per heavy atom. The lowest BCUT2D eigenvalue weighted by molar-refractivity contribution is -0.127. The molecule has 46 heavy (non-hydrogen) atoms. The van der Waals surface area contributed by atoms with Gasteiger partial charge in [0.25, 0.3) is 5.91 Å². The van der Waals surface area contributed by atoms with E-state index in [1.54, 1.807) is 71.9 Å². The van der Waals surface area contributed by atoms with E-state index in [2.05, 4.69) is 27.8 Å². The molecule has 0 unspecified atom stereocenters. The molecule has 246 valence electrons. The number of rotatable bonds is 13. The highest BCUT2D eigenvalue weighted by Gasteiger charge is 2.40. The summed E-state index contributed by atoms with van der Waals surface area (Å²) in [4.78, 5) is 45.5. The summed E-state index contributed by atoms with van der Waals surface area (Å²) < 4.78 is 26.9. The number of ketones is 1. The molecule has 0 aliphatic carbocycles. The smallest absolute Gasteiger partial charge is 0.408 e. The van der Waals surface area contributed by atoms with Crippen LogP contribution in [0.1, 0.15) is 68.9 Å². The number of allylic oxidation sites excluding steroid dienone is 1. The molecule has 1 aliphatic heterocycles. The minimum Gasteiger partial charge on any atom is -0.484 e. The molecule has 1 fully saturated rings. The number of hydrogen-bond acceptors (Lipinski definition) is 7. The lowest BCUT2D eigenvalue weighted by Gasteiger charge is -2.31. The van der Waals surface area contributed by atoms with Gasteiger partial charge in [-0.15, -0.1) is 0 Å². The first-order chi connectivity index (χ1) is 21.6. The zero-order valence-corrected chi connectivity index (χ0v) is 27.6. The van der Waals surface area contributed by atoms with Crippen LogP contribution in [0.5, 0.6) is 0 Å². The van der Waals surface area contributed by atoms with Gasteiger partial charge in [0, 0.05) is 32.4 Å². The lowest BCUT2D eigenvalue weighted by Crippen LogP contribution is -2.53. The number of Topliss-reactive ketones (excluding diaryl/α,β-unsaturated/α-hetero) is 1. The number of aromatic nitrogens is 2. The predicted octanol–water partition coefficient (Wildman–Crippen LogP) is 5.94. The molecule has 0 bridgehead atoms. The molecule has 1 atom stereocenters. The number of ether oxygens (including phenoxy) is 2. The minimum atomic E-state index is -1.25. The summed E-state index contributed by atoms with van der Waals surface area (Å²) in [5.41, 5.74) is 0.689. The zero-order chi connectivity index (χ0) is 33.6. The summed E-state index contributed by atoms with van der Waals surface area (Å²) in [5, 5.41) is 6.09. The molecule has 10 nitrogen and oxygen atoms in total. The van der Waals surface area contributed by atoms with E-state index in [1.165, 1.54) is 17.0 Å². The maximum atomic E-state index is 14.2. The van der Waals surface area contributed by atoms with Crippen molar-refractivity contribution in [1.82, 2.24) is 19.8 Å². The fraction of sp³-hybridized carbons (Fsp3) is 0.429. The number of amides is 2.